The van der Waals surface area contributed by atoms with Gasteiger partial charge in [-0.15, -0.1) is 0 Å². The van der Waals surface area contributed by atoms with Crippen LogP contribution in [-0.4, -0.2) is 40.9 Å². The smallest absolute Gasteiger partial charge is 0.273 e. The number of nitrogens with one attached hydrogen (secondary N) is 1. The summed E-state index contributed by atoms with van der Waals surface area (Å²) in [6, 6.07) is -0.611. The lowest BCUT2D eigenvalue weighted by Gasteiger charge is -2.18. The number of rotatable bonds is 1. The van der Waals surface area contributed by atoms with Crippen molar-refractivity contribution in [1.29, 1.82) is 0 Å². The standard InChI is InChI=1S/C26H19N7O8/c1-11(2)20-26-32-17(10-41-26)25-31-15(8-40-25)23-28-12(5-37-23)18(34)3-4-19-27-14(7-36-19)22-30-16(9-39-22)24-29-13(6-38-24)21(35)33-20/h3-11,18,20,34H,1-2H3,(H,33,35)/b4-3+. The fourth-order valence-electron chi connectivity index (χ4n) is 4.01. The van der Waals surface area contributed by atoms with Gasteiger partial charge in [0.1, 0.15) is 55.4 Å². The van der Waals surface area contributed by atoms with E-state index in [9.17, 15) is 9.90 Å². The van der Waals surface area contributed by atoms with Crippen molar-refractivity contribution in [2.24, 2.45) is 5.92 Å². The lowest BCUT2D eigenvalue weighted by molar-refractivity contribution is 0.0911. The first kappa shape index (κ1) is 24.5. The van der Waals surface area contributed by atoms with E-state index in [-0.39, 0.29) is 64.0 Å². The summed E-state index contributed by atoms with van der Waals surface area (Å²) in [6.07, 6.45) is 9.64. The van der Waals surface area contributed by atoms with E-state index in [4.69, 9.17) is 26.5 Å². The van der Waals surface area contributed by atoms with Crippen LogP contribution in [0.1, 0.15) is 54.0 Å². The van der Waals surface area contributed by atoms with Crippen molar-refractivity contribution >= 4 is 12.0 Å². The van der Waals surface area contributed by atoms with Gasteiger partial charge >= 0.3 is 0 Å². The van der Waals surface area contributed by atoms with Crippen LogP contribution in [0.5, 0.6) is 0 Å². The molecule has 12 bridgehead atoms. The molecule has 6 aromatic heterocycles. The Morgan fingerprint density at radius 3 is 1.93 bits per heavy atom. The molecule has 1 aliphatic rings. The Morgan fingerprint density at radius 2 is 1.22 bits per heavy atom. The number of carbonyl (C=O) groups is 1. The summed E-state index contributed by atoms with van der Waals surface area (Å²) in [6.45, 7) is 3.80. The molecule has 0 saturated heterocycles. The summed E-state index contributed by atoms with van der Waals surface area (Å²) in [5, 5.41) is 13.5. The largest absolute Gasteiger partial charge is 0.446 e. The van der Waals surface area contributed by atoms with Crippen molar-refractivity contribution in [3.8, 4) is 46.3 Å². The topological polar surface area (TPSA) is 206 Å². The lowest BCUT2D eigenvalue weighted by Crippen LogP contribution is -2.32. The first-order valence-corrected chi connectivity index (χ1v) is 12.3. The van der Waals surface area contributed by atoms with Gasteiger partial charge < -0.3 is 36.9 Å². The summed E-state index contributed by atoms with van der Waals surface area (Å²) < 4.78 is 33.2. The zero-order chi connectivity index (χ0) is 28.1. The Hall–Kier alpha value is -5.57. The van der Waals surface area contributed by atoms with Gasteiger partial charge in [-0.25, -0.2) is 29.9 Å². The number of aliphatic hydroxyl groups excluding tert-OH is 1. The van der Waals surface area contributed by atoms with Crippen LogP contribution in [0.4, 0.5) is 0 Å². The molecule has 6 aromatic rings. The summed E-state index contributed by atoms with van der Waals surface area (Å²) in [5.74, 6) is 0.275. The maximum Gasteiger partial charge on any atom is 0.273 e. The highest BCUT2D eigenvalue weighted by atomic mass is 16.4. The third-order valence-electron chi connectivity index (χ3n) is 6.13. The van der Waals surface area contributed by atoms with Gasteiger partial charge in [-0.2, -0.15) is 0 Å². The van der Waals surface area contributed by atoms with Crippen LogP contribution in [0.15, 0.2) is 70.2 Å². The van der Waals surface area contributed by atoms with Crippen LogP contribution in [-0.2, 0) is 0 Å². The van der Waals surface area contributed by atoms with E-state index in [2.05, 4.69) is 35.2 Å². The van der Waals surface area contributed by atoms with Crippen LogP contribution in [0.2, 0.25) is 0 Å². The van der Waals surface area contributed by atoms with Gasteiger partial charge in [-0.1, -0.05) is 13.8 Å². The molecule has 1 amide bonds. The highest BCUT2D eigenvalue weighted by Gasteiger charge is 2.27. The first-order chi connectivity index (χ1) is 19.9. The molecule has 0 fully saturated rings. The van der Waals surface area contributed by atoms with Gasteiger partial charge in [0.25, 0.3) is 5.91 Å². The number of oxazole rings is 6. The molecule has 2 unspecified atom stereocenters. The molecular weight excluding hydrogens is 538 g/mol. The number of amides is 1. The highest BCUT2D eigenvalue weighted by Crippen LogP contribution is 2.29. The minimum absolute atomic E-state index is 0.0199. The summed E-state index contributed by atoms with van der Waals surface area (Å²) in [5.41, 5.74) is 1.36. The van der Waals surface area contributed by atoms with Gasteiger partial charge in [-0.3, -0.25) is 4.79 Å². The fourth-order valence-corrected chi connectivity index (χ4v) is 4.01. The molecule has 2 atom stereocenters. The number of hydrogen-bond acceptors (Lipinski definition) is 14. The zero-order valence-electron chi connectivity index (χ0n) is 21.3. The average molecular weight is 557 g/mol. The third-order valence-corrected chi connectivity index (χ3v) is 6.13. The van der Waals surface area contributed by atoms with Gasteiger partial charge in [-0.05, 0) is 18.1 Å². The zero-order valence-corrected chi connectivity index (χ0v) is 21.3. The number of carbonyl (C=O) groups excluding carboxylic acids is 1. The maximum absolute atomic E-state index is 13.1. The van der Waals surface area contributed by atoms with Gasteiger partial charge in [0.2, 0.25) is 35.3 Å². The van der Waals surface area contributed by atoms with Crippen molar-refractivity contribution < 1.29 is 36.4 Å². The van der Waals surface area contributed by atoms with E-state index in [1.807, 2.05) is 13.8 Å². The quantitative estimate of drug-likeness (QED) is 0.286. The van der Waals surface area contributed by atoms with Crippen molar-refractivity contribution in [3.63, 3.8) is 0 Å². The Bertz CT molecular complexity index is 1880. The van der Waals surface area contributed by atoms with Crippen LogP contribution in [0, 0.1) is 5.92 Å². The van der Waals surface area contributed by atoms with E-state index in [1.165, 1.54) is 49.7 Å². The van der Waals surface area contributed by atoms with E-state index in [0.29, 0.717) is 11.4 Å². The summed E-state index contributed by atoms with van der Waals surface area (Å²) >= 11 is 0. The molecule has 0 aliphatic carbocycles. The second-order valence-corrected chi connectivity index (χ2v) is 9.33. The number of nitrogens with zero attached hydrogens (tertiary/aromatic N) is 6. The van der Waals surface area contributed by atoms with E-state index in [0.717, 1.165) is 0 Å². The molecule has 7 rings (SSSR count). The van der Waals surface area contributed by atoms with Crippen LogP contribution < -0.4 is 5.32 Å². The fraction of sp³-hybridized carbons (Fsp3) is 0.192. The molecule has 206 valence electrons. The predicted octanol–water partition coefficient (Wildman–Crippen LogP) is 4.47. The Morgan fingerprint density at radius 1 is 0.683 bits per heavy atom. The second kappa shape index (κ2) is 9.56. The normalized spacial score (nSPS) is 17.8. The molecule has 15 nitrogen and oxygen atoms in total. The molecule has 15 heteroatoms. The van der Waals surface area contributed by atoms with Crippen molar-refractivity contribution in [3.05, 3.63) is 66.8 Å². The number of aliphatic hydroxyl groups is 1. The molecular formula is C26H19N7O8. The monoisotopic (exact) mass is 557 g/mol. The van der Waals surface area contributed by atoms with Crippen LogP contribution in [0.3, 0.4) is 0 Å². The SMILES string of the molecule is CC(C)C1NC(=O)c2coc(n2)-c2coc(n2)-c2coc(n2)/C=C/C(O)c2coc(n2)-c2coc(n2)-c2coc1n2. The predicted molar refractivity (Wildman–Crippen MR) is 134 cm³/mol. The molecule has 41 heavy (non-hydrogen) atoms. The Kier molecular flexibility index (Phi) is 5.71. The van der Waals surface area contributed by atoms with Crippen LogP contribution >= 0.6 is 0 Å². The molecule has 7 heterocycles. The number of aromatic nitrogens is 6. The Balaban J connectivity index is 1.28. The third kappa shape index (κ3) is 4.53. The van der Waals surface area contributed by atoms with E-state index < -0.39 is 18.1 Å². The maximum atomic E-state index is 13.1. The van der Waals surface area contributed by atoms with E-state index in [1.54, 1.807) is 0 Å². The minimum Gasteiger partial charge on any atom is -0.446 e. The average Bonchev–Trinajstić information content (AvgIpc) is 3.80. The molecule has 1 aliphatic heterocycles. The second-order valence-electron chi connectivity index (χ2n) is 9.33. The van der Waals surface area contributed by atoms with Gasteiger partial charge in [0.05, 0.1) is 0 Å². The van der Waals surface area contributed by atoms with Crippen molar-refractivity contribution in [2.75, 3.05) is 0 Å². The minimum atomic E-state index is -1.13. The molecule has 0 aromatic carbocycles. The molecule has 0 saturated carbocycles. The van der Waals surface area contributed by atoms with Crippen molar-refractivity contribution in [2.45, 2.75) is 26.0 Å². The van der Waals surface area contributed by atoms with Crippen LogP contribution in [0.25, 0.3) is 52.4 Å². The Labute approximate surface area is 229 Å². The van der Waals surface area contributed by atoms with Gasteiger partial charge in [0.15, 0.2) is 28.5 Å². The highest BCUT2D eigenvalue weighted by molar-refractivity contribution is 5.92. The summed E-state index contributed by atoms with van der Waals surface area (Å²) in [7, 11) is 0. The molecule has 0 spiro atoms. The van der Waals surface area contributed by atoms with Gasteiger partial charge in [0, 0.05) is 0 Å². The molecule has 2 N–H and O–H groups in total. The summed E-state index contributed by atoms with van der Waals surface area (Å²) in [4.78, 5) is 39.1. The number of hydrogen-bond donors (Lipinski definition) is 2. The lowest BCUT2D eigenvalue weighted by atomic mass is 10.0. The van der Waals surface area contributed by atoms with Crippen molar-refractivity contribution in [1.82, 2.24) is 35.2 Å². The number of fused-ring (bicyclic) bond motifs is 16. The molecule has 0 radical (unpaired) electrons. The van der Waals surface area contributed by atoms with E-state index >= 15 is 0 Å². The first-order valence-electron chi connectivity index (χ1n) is 12.3.